The minimum Gasteiger partial charge on any atom is -0.422 e. The summed E-state index contributed by atoms with van der Waals surface area (Å²) < 4.78 is 10.9. The van der Waals surface area contributed by atoms with Crippen LogP contribution in [-0.2, 0) is 14.4 Å². The summed E-state index contributed by atoms with van der Waals surface area (Å²) in [6, 6.07) is 12.8. The number of rotatable bonds is 3. The number of fused-ring (bicyclic) bond motifs is 3. The Morgan fingerprint density at radius 2 is 1.28 bits per heavy atom. The van der Waals surface area contributed by atoms with Crippen LogP contribution in [0, 0.1) is 5.41 Å². The maximum atomic E-state index is 12.4. The van der Waals surface area contributed by atoms with Gasteiger partial charge in [0.15, 0.2) is 11.5 Å². The molecule has 3 aromatic rings. The van der Waals surface area contributed by atoms with E-state index in [4.69, 9.17) is 9.47 Å². The molecule has 3 aromatic carbocycles. The Labute approximate surface area is 168 Å². The van der Waals surface area contributed by atoms with Crippen LogP contribution < -0.4 is 14.8 Å². The van der Waals surface area contributed by atoms with Gasteiger partial charge in [-0.15, -0.1) is 0 Å². The highest BCUT2D eigenvalue weighted by molar-refractivity contribution is 6.15. The second-order valence-electron chi connectivity index (χ2n) is 7.86. The molecule has 0 bridgehead atoms. The van der Waals surface area contributed by atoms with Crippen molar-refractivity contribution in [2.75, 3.05) is 5.32 Å². The van der Waals surface area contributed by atoms with Gasteiger partial charge in [0.25, 0.3) is 0 Å². The fraction of sp³-hybridized carbons (Fsp3) is 0.261. The molecule has 1 amide bonds. The van der Waals surface area contributed by atoms with E-state index in [2.05, 4.69) is 5.32 Å². The van der Waals surface area contributed by atoms with E-state index in [1.54, 1.807) is 18.2 Å². The molecule has 150 valence electrons. The largest absolute Gasteiger partial charge is 0.422 e. The van der Waals surface area contributed by atoms with Crippen molar-refractivity contribution in [2.24, 2.45) is 5.41 Å². The molecule has 0 aliphatic carbocycles. The molecule has 0 unspecified atom stereocenters. The lowest BCUT2D eigenvalue weighted by atomic mass is 9.95. The van der Waals surface area contributed by atoms with Gasteiger partial charge in [0.2, 0.25) is 5.91 Å². The molecule has 0 aliphatic heterocycles. The van der Waals surface area contributed by atoms with E-state index in [-0.39, 0.29) is 17.4 Å². The molecule has 6 nitrogen and oxygen atoms in total. The van der Waals surface area contributed by atoms with E-state index < -0.39 is 17.4 Å². The summed E-state index contributed by atoms with van der Waals surface area (Å²) in [7, 11) is 0. The first-order chi connectivity index (χ1) is 13.6. The standard InChI is InChI=1S/C23H23NO5/c1-13(25)28-20-18-9-7-6-8-16(18)17-11-10-15(24-22(27)23(3,4)5)12-19(17)21(20)29-14(2)26/h6-12H,1-5H3,(H,24,27). The number of ether oxygens (including phenoxy) is 2. The molecule has 0 heterocycles. The number of anilines is 1. The van der Waals surface area contributed by atoms with Crippen molar-refractivity contribution >= 4 is 45.1 Å². The highest BCUT2D eigenvalue weighted by Gasteiger charge is 2.23. The van der Waals surface area contributed by atoms with Crippen LogP contribution >= 0.6 is 0 Å². The summed E-state index contributed by atoms with van der Waals surface area (Å²) in [5.74, 6) is -0.894. The Morgan fingerprint density at radius 1 is 0.759 bits per heavy atom. The molecular weight excluding hydrogens is 370 g/mol. The fourth-order valence-electron chi connectivity index (χ4n) is 3.01. The third-order valence-corrected chi connectivity index (χ3v) is 4.36. The van der Waals surface area contributed by atoms with Crippen molar-refractivity contribution in [2.45, 2.75) is 34.6 Å². The molecule has 6 heteroatoms. The van der Waals surface area contributed by atoms with E-state index in [0.717, 1.165) is 10.8 Å². The van der Waals surface area contributed by atoms with Crippen LogP contribution in [0.3, 0.4) is 0 Å². The molecule has 0 aromatic heterocycles. The Morgan fingerprint density at radius 3 is 1.83 bits per heavy atom. The number of benzene rings is 3. The number of hydrogen-bond acceptors (Lipinski definition) is 5. The number of nitrogens with one attached hydrogen (secondary N) is 1. The van der Waals surface area contributed by atoms with Gasteiger partial charge < -0.3 is 14.8 Å². The van der Waals surface area contributed by atoms with Crippen molar-refractivity contribution < 1.29 is 23.9 Å². The SMILES string of the molecule is CC(=O)Oc1c(OC(C)=O)c2cc(NC(=O)C(C)(C)C)ccc2c2ccccc12. The van der Waals surface area contributed by atoms with Crippen LogP contribution in [0.5, 0.6) is 11.5 Å². The fourth-order valence-corrected chi connectivity index (χ4v) is 3.01. The Kier molecular flexibility index (Phi) is 5.29. The van der Waals surface area contributed by atoms with E-state index in [1.807, 2.05) is 45.0 Å². The summed E-state index contributed by atoms with van der Waals surface area (Å²) in [5, 5.41) is 5.73. The average Bonchev–Trinajstić information content (AvgIpc) is 2.63. The first kappa shape index (κ1) is 20.3. The number of amides is 1. The van der Waals surface area contributed by atoms with Crippen molar-refractivity contribution in [3.05, 3.63) is 42.5 Å². The summed E-state index contributed by atoms with van der Waals surface area (Å²) in [6.45, 7) is 8.03. The number of carbonyl (C=O) groups excluding carboxylic acids is 3. The van der Waals surface area contributed by atoms with Crippen molar-refractivity contribution in [1.82, 2.24) is 0 Å². The summed E-state index contributed by atoms with van der Waals surface area (Å²) >= 11 is 0. The highest BCUT2D eigenvalue weighted by atomic mass is 16.6. The van der Waals surface area contributed by atoms with Gasteiger partial charge in [0, 0.05) is 35.7 Å². The van der Waals surface area contributed by atoms with Gasteiger partial charge >= 0.3 is 11.9 Å². The van der Waals surface area contributed by atoms with Crippen LogP contribution in [0.4, 0.5) is 5.69 Å². The molecule has 0 aliphatic rings. The molecule has 0 atom stereocenters. The minimum atomic E-state index is -0.569. The van der Waals surface area contributed by atoms with Crippen LogP contribution in [0.15, 0.2) is 42.5 Å². The number of carbonyl (C=O) groups is 3. The first-order valence-corrected chi connectivity index (χ1v) is 9.24. The molecule has 0 spiro atoms. The van der Waals surface area contributed by atoms with Crippen LogP contribution in [-0.4, -0.2) is 17.8 Å². The van der Waals surface area contributed by atoms with Crippen molar-refractivity contribution in [1.29, 1.82) is 0 Å². The zero-order chi connectivity index (χ0) is 21.3. The van der Waals surface area contributed by atoms with Crippen molar-refractivity contribution in [3.63, 3.8) is 0 Å². The molecule has 0 saturated carbocycles. The van der Waals surface area contributed by atoms with E-state index in [1.165, 1.54) is 13.8 Å². The first-order valence-electron chi connectivity index (χ1n) is 9.24. The molecule has 0 saturated heterocycles. The lowest BCUT2D eigenvalue weighted by molar-refractivity contribution is -0.134. The van der Waals surface area contributed by atoms with Gasteiger partial charge in [-0.25, -0.2) is 0 Å². The molecule has 0 radical (unpaired) electrons. The highest BCUT2D eigenvalue weighted by Crippen LogP contribution is 2.44. The zero-order valence-corrected chi connectivity index (χ0v) is 17.1. The van der Waals surface area contributed by atoms with E-state index >= 15 is 0 Å². The van der Waals surface area contributed by atoms with Gasteiger partial charge in [-0.1, -0.05) is 51.1 Å². The zero-order valence-electron chi connectivity index (χ0n) is 17.1. The maximum Gasteiger partial charge on any atom is 0.308 e. The lowest BCUT2D eigenvalue weighted by Crippen LogP contribution is -2.27. The Bertz CT molecular complexity index is 1140. The van der Waals surface area contributed by atoms with Gasteiger partial charge in [-0.2, -0.15) is 0 Å². The molecule has 0 fully saturated rings. The second kappa shape index (κ2) is 7.54. The van der Waals surface area contributed by atoms with Gasteiger partial charge in [0.05, 0.1) is 0 Å². The van der Waals surface area contributed by atoms with Crippen molar-refractivity contribution in [3.8, 4) is 11.5 Å². The van der Waals surface area contributed by atoms with Gasteiger partial charge in [-0.3, -0.25) is 14.4 Å². The van der Waals surface area contributed by atoms with E-state index in [9.17, 15) is 14.4 Å². The summed E-state index contributed by atoms with van der Waals surface area (Å²) in [6.07, 6.45) is 0. The third-order valence-electron chi connectivity index (χ3n) is 4.36. The monoisotopic (exact) mass is 393 g/mol. The minimum absolute atomic E-state index is 0.146. The molecule has 1 N–H and O–H groups in total. The van der Waals surface area contributed by atoms with Gasteiger partial charge in [0.1, 0.15) is 0 Å². The Hall–Kier alpha value is -3.41. The van der Waals surface area contributed by atoms with E-state index in [0.29, 0.717) is 16.5 Å². The molecular formula is C23H23NO5. The average molecular weight is 393 g/mol. The normalized spacial score (nSPS) is 11.3. The topological polar surface area (TPSA) is 81.7 Å². The van der Waals surface area contributed by atoms with Crippen LogP contribution in [0.2, 0.25) is 0 Å². The Balaban J connectivity index is 2.32. The maximum absolute atomic E-state index is 12.4. The number of hydrogen-bond donors (Lipinski definition) is 1. The van der Waals surface area contributed by atoms with Crippen LogP contribution in [0.1, 0.15) is 34.6 Å². The van der Waals surface area contributed by atoms with Gasteiger partial charge in [-0.05, 0) is 22.9 Å². The quantitative estimate of drug-likeness (QED) is 0.392. The molecule has 3 rings (SSSR count). The predicted octanol–water partition coefficient (Wildman–Crippen LogP) is 4.83. The second-order valence-corrected chi connectivity index (χ2v) is 7.86. The smallest absolute Gasteiger partial charge is 0.308 e. The van der Waals surface area contributed by atoms with Crippen LogP contribution in [0.25, 0.3) is 21.5 Å². The molecule has 29 heavy (non-hydrogen) atoms. The number of esters is 2. The third kappa shape index (κ3) is 4.21. The lowest BCUT2D eigenvalue weighted by Gasteiger charge is -2.19. The summed E-state index contributed by atoms with van der Waals surface area (Å²) in [4.78, 5) is 35.9. The predicted molar refractivity (Wildman–Crippen MR) is 112 cm³/mol. The summed E-state index contributed by atoms with van der Waals surface area (Å²) in [5.41, 5.74) is -0.0187.